The standard InChI is InChI=1S/C14H17NO3S/c16-13(15-7-10-2-1-5-19-10)11-8-3-4-9(6-8)12(11)14(17)18/h1-2,5,8-9,11-12H,3-4,6-7H2,(H,15,16)(H,17,18). The number of amides is 1. The molecule has 4 unspecified atom stereocenters. The summed E-state index contributed by atoms with van der Waals surface area (Å²) < 4.78 is 0. The predicted molar refractivity (Wildman–Crippen MR) is 71.6 cm³/mol. The summed E-state index contributed by atoms with van der Waals surface area (Å²) >= 11 is 1.60. The molecule has 1 aromatic heterocycles. The van der Waals surface area contributed by atoms with Crippen LogP contribution in [0.15, 0.2) is 17.5 Å². The lowest BCUT2D eigenvalue weighted by atomic mass is 9.79. The van der Waals surface area contributed by atoms with Crippen molar-refractivity contribution in [3.63, 3.8) is 0 Å². The molecule has 2 bridgehead atoms. The number of carbonyl (C=O) groups is 2. The van der Waals surface area contributed by atoms with Crippen molar-refractivity contribution < 1.29 is 14.7 Å². The maximum atomic E-state index is 12.3. The summed E-state index contributed by atoms with van der Waals surface area (Å²) in [5.41, 5.74) is 0. The zero-order valence-corrected chi connectivity index (χ0v) is 11.4. The molecule has 4 nitrogen and oxygen atoms in total. The first-order valence-corrected chi connectivity index (χ1v) is 7.57. The first-order chi connectivity index (χ1) is 9.16. The fourth-order valence-corrected chi connectivity index (χ4v) is 4.37. The van der Waals surface area contributed by atoms with Crippen LogP contribution >= 0.6 is 11.3 Å². The molecule has 102 valence electrons. The fraction of sp³-hybridized carbons (Fsp3) is 0.571. The number of hydrogen-bond donors (Lipinski definition) is 2. The van der Waals surface area contributed by atoms with Gasteiger partial charge in [0.1, 0.15) is 0 Å². The van der Waals surface area contributed by atoms with Gasteiger partial charge in [0.15, 0.2) is 0 Å². The van der Waals surface area contributed by atoms with Crippen LogP contribution in [0.1, 0.15) is 24.1 Å². The minimum atomic E-state index is -0.802. The summed E-state index contributed by atoms with van der Waals surface area (Å²) in [6, 6.07) is 3.92. The maximum absolute atomic E-state index is 12.3. The van der Waals surface area contributed by atoms with Crippen LogP contribution in [0.3, 0.4) is 0 Å². The van der Waals surface area contributed by atoms with Crippen molar-refractivity contribution in [2.75, 3.05) is 0 Å². The van der Waals surface area contributed by atoms with E-state index in [4.69, 9.17) is 0 Å². The Morgan fingerprint density at radius 3 is 2.68 bits per heavy atom. The van der Waals surface area contributed by atoms with E-state index in [9.17, 15) is 14.7 Å². The third-order valence-corrected chi connectivity index (χ3v) is 5.40. The Balaban J connectivity index is 1.66. The summed E-state index contributed by atoms with van der Waals surface area (Å²) in [5.74, 6) is -1.19. The molecular formula is C14H17NO3S. The Morgan fingerprint density at radius 1 is 1.32 bits per heavy atom. The molecule has 0 radical (unpaired) electrons. The molecule has 0 aliphatic heterocycles. The van der Waals surface area contributed by atoms with Gasteiger partial charge in [-0.05, 0) is 42.5 Å². The number of carboxylic acids is 1. The quantitative estimate of drug-likeness (QED) is 0.887. The van der Waals surface area contributed by atoms with Crippen LogP contribution in [0.25, 0.3) is 0 Å². The average molecular weight is 279 g/mol. The molecule has 2 aliphatic rings. The number of aliphatic carboxylic acids is 1. The van der Waals surface area contributed by atoms with E-state index in [2.05, 4.69) is 5.32 Å². The van der Waals surface area contributed by atoms with Crippen molar-refractivity contribution in [2.45, 2.75) is 25.8 Å². The third-order valence-electron chi connectivity index (χ3n) is 4.52. The van der Waals surface area contributed by atoms with Crippen LogP contribution in [0.5, 0.6) is 0 Å². The number of carboxylic acid groups (broad SMARTS) is 1. The van der Waals surface area contributed by atoms with Gasteiger partial charge in [-0.15, -0.1) is 11.3 Å². The second kappa shape index (κ2) is 4.96. The van der Waals surface area contributed by atoms with Crippen molar-refractivity contribution in [3.8, 4) is 0 Å². The molecule has 0 aromatic carbocycles. The molecule has 3 rings (SSSR count). The van der Waals surface area contributed by atoms with E-state index in [0.717, 1.165) is 24.1 Å². The second-order valence-electron chi connectivity index (χ2n) is 5.52. The second-order valence-corrected chi connectivity index (χ2v) is 6.55. The van der Waals surface area contributed by atoms with Crippen LogP contribution < -0.4 is 5.32 Å². The number of rotatable bonds is 4. The SMILES string of the molecule is O=C(O)C1C2CCC(C2)C1C(=O)NCc1cccs1. The number of carbonyl (C=O) groups excluding carboxylic acids is 1. The molecule has 19 heavy (non-hydrogen) atoms. The Labute approximate surface area is 115 Å². The highest BCUT2D eigenvalue weighted by molar-refractivity contribution is 7.09. The van der Waals surface area contributed by atoms with Gasteiger partial charge in [-0.25, -0.2) is 0 Å². The lowest BCUT2D eigenvalue weighted by molar-refractivity contribution is -0.149. The van der Waals surface area contributed by atoms with Crippen LogP contribution in [0.2, 0.25) is 0 Å². The van der Waals surface area contributed by atoms with Gasteiger partial charge < -0.3 is 10.4 Å². The number of hydrogen-bond acceptors (Lipinski definition) is 3. The summed E-state index contributed by atoms with van der Waals surface area (Å²) in [4.78, 5) is 24.7. The molecule has 2 aliphatic carbocycles. The molecule has 4 atom stereocenters. The highest BCUT2D eigenvalue weighted by Crippen LogP contribution is 2.52. The van der Waals surface area contributed by atoms with Crippen LogP contribution in [-0.4, -0.2) is 17.0 Å². The summed E-state index contributed by atoms with van der Waals surface area (Å²) in [5, 5.41) is 14.2. The highest BCUT2D eigenvalue weighted by atomic mass is 32.1. The zero-order valence-electron chi connectivity index (χ0n) is 10.5. The van der Waals surface area contributed by atoms with Crippen molar-refractivity contribution in [3.05, 3.63) is 22.4 Å². The molecule has 2 saturated carbocycles. The van der Waals surface area contributed by atoms with E-state index in [1.165, 1.54) is 0 Å². The van der Waals surface area contributed by atoms with Crippen molar-refractivity contribution in [1.82, 2.24) is 5.32 Å². The van der Waals surface area contributed by atoms with Gasteiger partial charge >= 0.3 is 5.97 Å². The molecule has 1 heterocycles. The van der Waals surface area contributed by atoms with E-state index in [1.807, 2.05) is 17.5 Å². The number of thiophene rings is 1. The minimum absolute atomic E-state index is 0.0759. The lowest BCUT2D eigenvalue weighted by Gasteiger charge is -2.26. The Hall–Kier alpha value is -1.36. The molecule has 1 amide bonds. The first-order valence-electron chi connectivity index (χ1n) is 6.69. The topological polar surface area (TPSA) is 66.4 Å². The molecule has 0 saturated heterocycles. The zero-order chi connectivity index (χ0) is 13.4. The third kappa shape index (κ3) is 2.27. The largest absolute Gasteiger partial charge is 0.481 e. The van der Waals surface area contributed by atoms with Gasteiger partial charge in [-0.1, -0.05) is 6.07 Å². The van der Waals surface area contributed by atoms with Gasteiger partial charge in [-0.2, -0.15) is 0 Å². The summed E-state index contributed by atoms with van der Waals surface area (Å²) in [7, 11) is 0. The van der Waals surface area contributed by atoms with E-state index >= 15 is 0 Å². The normalized spacial score (nSPS) is 32.4. The van der Waals surface area contributed by atoms with Gasteiger partial charge in [0.05, 0.1) is 18.4 Å². The number of nitrogens with one attached hydrogen (secondary N) is 1. The van der Waals surface area contributed by atoms with Crippen LogP contribution in [0, 0.1) is 23.7 Å². The smallest absolute Gasteiger partial charge is 0.307 e. The van der Waals surface area contributed by atoms with E-state index < -0.39 is 11.9 Å². The molecule has 1 aromatic rings. The van der Waals surface area contributed by atoms with Gasteiger partial charge in [0.2, 0.25) is 5.91 Å². The monoisotopic (exact) mass is 279 g/mol. The van der Waals surface area contributed by atoms with Crippen molar-refractivity contribution in [2.24, 2.45) is 23.7 Å². The fourth-order valence-electron chi connectivity index (χ4n) is 3.73. The van der Waals surface area contributed by atoms with E-state index in [0.29, 0.717) is 6.54 Å². The first kappa shape index (κ1) is 12.7. The summed E-state index contributed by atoms with van der Waals surface area (Å²) in [6.07, 6.45) is 2.88. The lowest BCUT2D eigenvalue weighted by Crippen LogP contribution is -2.40. The molecule has 2 fully saturated rings. The summed E-state index contributed by atoms with van der Waals surface area (Å²) in [6.45, 7) is 0.511. The van der Waals surface area contributed by atoms with Crippen LogP contribution in [-0.2, 0) is 16.1 Å². The van der Waals surface area contributed by atoms with Crippen molar-refractivity contribution >= 4 is 23.2 Å². The predicted octanol–water partition coefficient (Wildman–Crippen LogP) is 2.11. The van der Waals surface area contributed by atoms with E-state index in [-0.39, 0.29) is 23.7 Å². The average Bonchev–Trinajstić information content (AvgIpc) is 3.10. The Bertz CT molecular complexity index is 485. The molecule has 2 N–H and O–H groups in total. The Kier molecular flexibility index (Phi) is 3.31. The van der Waals surface area contributed by atoms with Gasteiger partial charge in [0, 0.05) is 4.88 Å². The number of fused-ring (bicyclic) bond motifs is 2. The Morgan fingerprint density at radius 2 is 2.05 bits per heavy atom. The van der Waals surface area contributed by atoms with E-state index in [1.54, 1.807) is 11.3 Å². The van der Waals surface area contributed by atoms with Crippen molar-refractivity contribution in [1.29, 1.82) is 0 Å². The van der Waals surface area contributed by atoms with Gasteiger partial charge in [0.25, 0.3) is 0 Å². The van der Waals surface area contributed by atoms with Gasteiger partial charge in [-0.3, -0.25) is 9.59 Å². The minimum Gasteiger partial charge on any atom is -0.481 e. The molecular weight excluding hydrogens is 262 g/mol. The molecule has 0 spiro atoms. The van der Waals surface area contributed by atoms with Crippen LogP contribution in [0.4, 0.5) is 0 Å². The maximum Gasteiger partial charge on any atom is 0.307 e. The molecule has 5 heteroatoms. The highest BCUT2D eigenvalue weighted by Gasteiger charge is 2.53.